The smallest absolute Gasteiger partial charge is 0.335 e. The molecule has 0 bridgehead atoms. The molecule has 0 amide bonds. The Hall–Kier alpha value is -3.87. The summed E-state index contributed by atoms with van der Waals surface area (Å²) in [7, 11) is 0. The van der Waals surface area contributed by atoms with Crippen molar-refractivity contribution < 1.29 is 9.90 Å². The zero-order chi connectivity index (χ0) is 18.8. The van der Waals surface area contributed by atoms with E-state index in [1.54, 1.807) is 36.5 Å². The van der Waals surface area contributed by atoms with Crippen LogP contribution in [0.15, 0.2) is 60.8 Å². The van der Waals surface area contributed by atoms with Gasteiger partial charge in [0, 0.05) is 28.8 Å². The highest BCUT2D eigenvalue weighted by Crippen LogP contribution is 2.22. The standard InChI is InChI=1S/C20H17N5O2/c1-12-10-14-4-7-16(11-17(14)22-12)24-20-21-9-8-18(25-20)23-15-5-2-13(3-6-15)19(26)27/h2-11,22H,1H3,(H,26,27)(H2,21,23,24,25). The average molecular weight is 359 g/mol. The van der Waals surface area contributed by atoms with Gasteiger partial charge in [0.2, 0.25) is 5.95 Å². The summed E-state index contributed by atoms with van der Waals surface area (Å²) in [4.78, 5) is 22.9. The van der Waals surface area contributed by atoms with Crippen LogP contribution >= 0.6 is 0 Å². The maximum atomic E-state index is 10.9. The van der Waals surface area contributed by atoms with E-state index < -0.39 is 5.97 Å². The number of nitrogens with one attached hydrogen (secondary N) is 3. The molecule has 4 rings (SSSR count). The van der Waals surface area contributed by atoms with Crippen LogP contribution in [0.25, 0.3) is 10.9 Å². The van der Waals surface area contributed by atoms with E-state index in [1.807, 2.05) is 25.1 Å². The van der Waals surface area contributed by atoms with E-state index in [0.29, 0.717) is 11.8 Å². The van der Waals surface area contributed by atoms with Gasteiger partial charge in [-0.15, -0.1) is 0 Å². The molecule has 0 radical (unpaired) electrons. The molecule has 0 unspecified atom stereocenters. The van der Waals surface area contributed by atoms with Gasteiger partial charge >= 0.3 is 5.97 Å². The van der Waals surface area contributed by atoms with Gasteiger partial charge in [0.25, 0.3) is 0 Å². The Morgan fingerprint density at radius 1 is 1.00 bits per heavy atom. The van der Waals surface area contributed by atoms with E-state index >= 15 is 0 Å². The lowest BCUT2D eigenvalue weighted by molar-refractivity contribution is 0.0697. The molecule has 2 aromatic heterocycles. The number of anilines is 4. The number of rotatable bonds is 5. The molecule has 0 spiro atoms. The average Bonchev–Trinajstić information content (AvgIpc) is 3.02. The van der Waals surface area contributed by atoms with Crippen LogP contribution in [0.2, 0.25) is 0 Å². The highest BCUT2D eigenvalue weighted by Gasteiger charge is 2.05. The first-order chi connectivity index (χ1) is 13.1. The lowest BCUT2D eigenvalue weighted by Crippen LogP contribution is -2.01. The van der Waals surface area contributed by atoms with Crippen LogP contribution in [0.5, 0.6) is 0 Å². The first-order valence-corrected chi connectivity index (χ1v) is 8.37. The topological polar surface area (TPSA) is 103 Å². The van der Waals surface area contributed by atoms with Gasteiger partial charge in [0.15, 0.2) is 0 Å². The van der Waals surface area contributed by atoms with E-state index in [1.165, 1.54) is 0 Å². The molecule has 0 atom stereocenters. The molecule has 134 valence electrons. The zero-order valence-electron chi connectivity index (χ0n) is 14.5. The predicted molar refractivity (Wildman–Crippen MR) is 105 cm³/mol. The molecule has 2 aromatic carbocycles. The summed E-state index contributed by atoms with van der Waals surface area (Å²) < 4.78 is 0. The Bertz CT molecular complexity index is 1120. The summed E-state index contributed by atoms with van der Waals surface area (Å²) in [6.45, 7) is 2.02. The number of H-pyrrole nitrogens is 1. The fourth-order valence-electron chi connectivity index (χ4n) is 2.81. The summed E-state index contributed by atoms with van der Waals surface area (Å²) in [6.07, 6.45) is 1.65. The number of carbonyl (C=O) groups is 1. The molecule has 27 heavy (non-hydrogen) atoms. The number of hydrogen-bond acceptors (Lipinski definition) is 5. The Morgan fingerprint density at radius 3 is 2.56 bits per heavy atom. The SMILES string of the molecule is Cc1cc2ccc(Nc3nccc(Nc4ccc(C(=O)O)cc4)n3)cc2[nH]1. The molecule has 7 nitrogen and oxygen atoms in total. The number of aromatic amines is 1. The Balaban J connectivity index is 1.51. The lowest BCUT2D eigenvalue weighted by atomic mass is 10.2. The maximum Gasteiger partial charge on any atom is 0.335 e. The number of carboxylic acids is 1. The van der Waals surface area contributed by atoms with E-state index in [9.17, 15) is 4.79 Å². The molecule has 0 saturated heterocycles. The first-order valence-electron chi connectivity index (χ1n) is 8.37. The number of hydrogen-bond donors (Lipinski definition) is 4. The molecule has 4 N–H and O–H groups in total. The second-order valence-corrected chi connectivity index (χ2v) is 6.15. The van der Waals surface area contributed by atoms with Crippen LogP contribution < -0.4 is 10.6 Å². The third-order valence-electron chi connectivity index (χ3n) is 4.07. The van der Waals surface area contributed by atoms with Crippen LogP contribution in [0.4, 0.5) is 23.1 Å². The molecule has 0 saturated carbocycles. The normalized spacial score (nSPS) is 10.7. The van der Waals surface area contributed by atoms with E-state index in [-0.39, 0.29) is 5.56 Å². The first kappa shape index (κ1) is 16.6. The van der Waals surface area contributed by atoms with Crippen molar-refractivity contribution in [2.75, 3.05) is 10.6 Å². The Kier molecular flexibility index (Phi) is 4.18. The summed E-state index contributed by atoms with van der Waals surface area (Å²) in [6, 6.07) is 16.3. The third-order valence-corrected chi connectivity index (χ3v) is 4.07. The maximum absolute atomic E-state index is 10.9. The fraction of sp³-hybridized carbons (Fsp3) is 0.0500. The van der Waals surface area contributed by atoms with Gasteiger partial charge in [-0.05, 0) is 60.8 Å². The summed E-state index contributed by atoms with van der Waals surface area (Å²) in [5.74, 6) is 0.112. The van der Waals surface area contributed by atoms with Crippen molar-refractivity contribution in [3.63, 3.8) is 0 Å². The molecule has 0 aliphatic carbocycles. The molecule has 2 heterocycles. The summed E-state index contributed by atoms with van der Waals surface area (Å²) in [5, 5.41) is 16.4. The number of carboxylic acid groups (broad SMARTS) is 1. The number of nitrogens with zero attached hydrogens (tertiary/aromatic N) is 2. The molecule has 0 aliphatic heterocycles. The van der Waals surface area contributed by atoms with Crippen LogP contribution in [-0.2, 0) is 0 Å². The van der Waals surface area contributed by atoms with Crippen LogP contribution in [0.1, 0.15) is 16.1 Å². The van der Waals surface area contributed by atoms with E-state index in [4.69, 9.17) is 5.11 Å². The number of aromatic carboxylic acids is 1. The van der Waals surface area contributed by atoms with Crippen molar-refractivity contribution in [1.29, 1.82) is 0 Å². The zero-order valence-corrected chi connectivity index (χ0v) is 14.5. The van der Waals surface area contributed by atoms with Gasteiger partial charge in [0.05, 0.1) is 5.56 Å². The lowest BCUT2D eigenvalue weighted by Gasteiger charge is -2.09. The summed E-state index contributed by atoms with van der Waals surface area (Å²) in [5.41, 5.74) is 4.02. The quantitative estimate of drug-likeness (QED) is 0.420. The fourth-order valence-corrected chi connectivity index (χ4v) is 2.81. The van der Waals surface area contributed by atoms with Gasteiger partial charge in [-0.25, -0.2) is 9.78 Å². The van der Waals surface area contributed by atoms with Gasteiger partial charge in [-0.1, -0.05) is 6.07 Å². The number of fused-ring (bicyclic) bond motifs is 1. The molecular formula is C20H17N5O2. The summed E-state index contributed by atoms with van der Waals surface area (Å²) >= 11 is 0. The van der Waals surface area contributed by atoms with Crippen LogP contribution in [0.3, 0.4) is 0 Å². The minimum atomic E-state index is -0.954. The minimum Gasteiger partial charge on any atom is -0.478 e. The van der Waals surface area contributed by atoms with Crippen molar-refractivity contribution in [3.8, 4) is 0 Å². The van der Waals surface area contributed by atoms with Crippen molar-refractivity contribution in [3.05, 3.63) is 72.1 Å². The van der Waals surface area contributed by atoms with Crippen molar-refractivity contribution >= 4 is 40.0 Å². The third kappa shape index (κ3) is 3.72. The van der Waals surface area contributed by atoms with Crippen LogP contribution in [-0.4, -0.2) is 26.0 Å². The molecular weight excluding hydrogens is 342 g/mol. The predicted octanol–water partition coefficient (Wildman–Crippen LogP) is 4.45. The number of aryl methyl sites for hydroxylation is 1. The Morgan fingerprint density at radius 2 is 1.78 bits per heavy atom. The van der Waals surface area contributed by atoms with Crippen molar-refractivity contribution in [2.24, 2.45) is 0 Å². The second-order valence-electron chi connectivity index (χ2n) is 6.15. The highest BCUT2D eigenvalue weighted by atomic mass is 16.4. The van der Waals surface area contributed by atoms with Gasteiger partial charge in [-0.3, -0.25) is 0 Å². The highest BCUT2D eigenvalue weighted by molar-refractivity contribution is 5.88. The number of benzene rings is 2. The van der Waals surface area contributed by atoms with Crippen molar-refractivity contribution in [2.45, 2.75) is 6.92 Å². The van der Waals surface area contributed by atoms with Crippen molar-refractivity contribution in [1.82, 2.24) is 15.0 Å². The largest absolute Gasteiger partial charge is 0.478 e. The number of aromatic nitrogens is 3. The Labute approximate surface area is 155 Å². The molecule has 0 aliphatic rings. The van der Waals surface area contributed by atoms with E-state index in [2.05, 4.69) is 31.7 Å². The van der Waals surface area contributed by atoms with Crippen LogP contribution in [0, 0.1) is 6.92 Å². The molecule has 7 heteroatoms. The second kappa shape index (κ2) is 6.80. The minimum absolute atomic E-state index is 0.237. The monoisotopic (exact) mass is 359 g/mol. The molecule has 0 fully saturated rings. The van der Waals surface area contributed by atoms with Gasteiger partial charge in [0.1, 0.15) is 5.82 Å². The van der Waals surface area contributed by atoms with Gasteiger partial charge in [-0.2, -0.15) is 4.98 Å². The van der Waals surface area contributed by atoms with Gasteiger partial charge < -0.3 is 20.7 Å². The molecule has 4 aromatic rings. The van der Waals surface area contributed by atoms with E-state index in [0.717, 1.165) is 28.0 Å².